The summed E-state index contributed by atoms with van der Waals surface area (Å²) in [6.07, 6.45) is 4.84. The van der Waals surface area contributed by atoms with Crippen molar-refractivity contribution in [2.75, 3.05) is 19.1 Å². The third kappa shape index (κ3) is 5.31. The third-order valence-electron chi connectivity index (χ3n) is 2.92. The predicted octanol–water partition coefficient (Wildman–Crippen LogP) is -0.336. The molecule has 0 aromatic carbocycles. The van der Waals surface area contributed by atoms with Gasteiger partial charge in [0.25, 0.3) is 0 Å². The van der Waals surface area contributed by atoms with Crippen LogP contribution >= 0.6 is 0 Å². The van der Waals surface area contributed by atoms with Gasteiger partial charge in [-0.3, -0.25) is 13.8 Å². The summed E-state index contributed by atoms with van der Waals surface area (Å²) < 4.78 is 21.0. The number of carbonyl (C=O) groups is 2. The lowest BCUT2D eigenvalue weighted by Gasteiger charge is -2.29. The molecule has 1 rings (SSSR count). The van der Waals surface area contributed by atoms with E-state index >= 15 is 0 Å². The molecule has 0 saturated carbocycles. The number of ether oxygens (including phenoxy) is 1. The third-order valence-corrected chi connectivity index (χ3v) is 5.44. The lowest BCUT2D eigenvalue weighted by molar-refractivity contribution is -0.631. The topological polar surface area (TPSA) is 92.7 Å². The number of rotatable bonds is 7. The number of carbonyl (C=O) groups excluding carboxylic acids is 2. The van der Waals surface area contributed by atoms with Crippen LogP contribution in [0.2, 0.25) is 0 Å². The number of nitrogens with zero attached hydrogens (tertiary/aromatic N) is 2. The molecule has 0 aromatic rings. The van der Waals surface area contributed by atoms with Gasteiger partial charge in [0, 0.05) is 27.2 Å². The molecule has 1 unspecified atom stereocenters. The summed E-state index contributed by atoms with van der Waals surface area (Å²) in [5, 5.41) is 1.71. The zero-order chi connectivity index (χ0) is 15.9. The standard InChI is InChI=1S/C13H21N3O4S/c1-3-5-8-21(19,4-2)16-9-15(10-16)11-20-13(18)7-6-12(14)17/h3,5,8,11H,4,6-7,9-10H2,1-2H3,(H-,14,17)/p+1. The van der Waals surface area contributed by atoms with Crippen molar-refractivity contribution in [2.45, 2.75) is 26.7 Å². The van der Waals surface area contributed by atoms with Crippen molar-refractivity contribution in [1.82, 2.24) is 4.31 Å². The molecule has 1 amide bonds. The van der Waals surface area contributed by atoms with Crippen LogP contribution < -0.4 is 5.73 Å². The van der Waals surface area contributed by atoms with Gasteiger partial charge in [0.2, 0.25) is 19.2 Å². The summed E-state index contributed by atoms with van der Waals surface area (Å²) in [6.45, 7) is 4.61. The molecule has 7 nitrogen and oxygen atoms in total. The first-order valence-electron chi connectivity index (χ1n) is 6.69. The van der Waals surface area contributed by atoms with E-state index in [9.17, 15) is 13.8 Å². The fourth-order valence-corrected chi connectivity index (χ4v) is 3.43. The zero-order valence-electron chi connectivity index (χ0n) is 12.4. The van der Waals surface area contributed by atoms with Crippen LogP contribution in [0.3, 0.4) is 0 Å². The summed E-state index contributed by atoms with van der Waals surface area (Å²) in [4.78, 5) is 21.8. The highest BCUT2D eigenvalue weighted by Gasteiger charge is 2.34. The largest absolute Gasteiger partial charge is 0.377 e. The number of hydrogen-bond acceptors (Lipinski definition) is 4. The fraction of sp³-hybridized carbons (Fsp3) is 0.538. The molecule has 1 saturated heterocycles. The van der Waals surface area contributed by atoms with Crippen LogP contribution in [0, 0.1) is 0 Å². The van der Waals surface area contributed by atoms with Gasteiger partial charge in [-0.05, 0) is 6.92 Å². The summed E-state index contributed by atoms with van der Waals surface area (Å²) >= 11 is 0. The maximum Gasteiger partial charge on any atom is 0.333 e. The molecule has 1 aliphatic rings. The van der Waals surface area contributed by atoms with Crippen molar-refractivity contribution in [3.8, 4) is 0 Å². The van der Waals surface area contributed by atoms with E-state index in [0.29, 0.717) is 19.1 Å². The second-order valence-corrected chi connectivity index (χ2v) is 7.30. The summed E-state index contributed by atoms with van der Waals surface area (Å²) in [6, 6.07) is 0. The Bertz CT molecular complexity index is 566. The second-order valence-electron chi connectivity index (χ2n) is 4.56. The van der Waals surface area contributed by atoms with Gasteiger partial charge in [0.15, 0.2) is 0 Å². The van der Waals surface area contributed by atoms with E-state index in [1.165, 1.54) is 6.40 Å². The van der Waals surface area contributed by atoms with Gasteiger partial charge in [-0.2, -0.15) is 4.58 Å². The van der Waals surface area contributed by atoms with Crippen molar-refractivity contribution in [1.29, 1.82) is 0 Å². The molecule has 0 aromatic heterocycles. The molecule has 0 spiro atoms. The Morgan fingerprint density at radius 3 is 2.57 bits per heavy atom. The molecule has 0 radical (unpaired) electrons. The molecule has 2 N–H and O–H groups in total. The highest BCUT2D eigenvalue weighted by molar-refractivity contribution is 7.99. The summed E-state index contributed by atoms with van der Waals surface area (Å²) in [5.74, 6) is -0.517. The SMILES string of the molecule is CC=CC=S(=O)(CC)N1C[N+](=COC(=O)CCC(N)=O)C1. The van der Waals surface area contributed by atoms with Gasteiger partial charge >= 0.3 is 12.4 Å². The Morgan fingerprint density at radius 2 is 2.05 bits per heavy atom. The number of primary amides is 1. The molecule has 1 fully saturated rings. The smallest absolute Gasteiger partial charge is 0.333 e. The predicted molar refractivity (Wildman–Crippen MR) is 82.0 cm³/mol. The first kappa shape index (κ1) is 17.4. The van der Waals surface area contributed by atoms with E-state index in [-0.39, 0.29) is 12.8 Å². The molecule has 1 heterocycles. The molecular weight excluding hydrogens is 294 g/mol. The maximum absolute atomic E-state index is 12.6. The molecule has 118 valence electrons. The minimum Gasteiger partial charge on any atom is -0.377 e. The molecule has 1 aliphatic heterocycles. The van der Waals surface area contributed by atoms with Crippen molar-refractivity contribution in [3.63, 3.8) is 0 Å². The Hall–Kier alpha value is -1.67. The Labute approximate surface area is 125 Å². The van der Waals surface area contributed by atoms with E-state index in [1.807, 2.05) is 24.2 Å². The quantitative estimate of drug-likeness (QED) is 0.229. The van der Waals surface area contributed by atoms with Gasteiger partial charge in [-0.25, -0.2) is 0 Å². The van der Waals surface area contributed by atoms with Crippen LogP contribution in [0.25, 0.3) is 0 Å². The Balaban J connectivity index is 2.48. The fourth-order valence-electron chi connectivity index (χ4n) is 1.61. The van der Waals surface area contributed by atoms with Crippen molar-refractivity contribution in [3.05, 3.63) is 12.2 Å². The van der Waals surface area contributed by atoms with Crippen LogP contribution in [0.15, 0.2) is 12.2 Å². The lowest BCUT2D eigenvalue weighted by Crippen LogP contribution is -2.53. The van der Waals surface area contributed by atoms with Crippen LogP contribution in [0.4, 0.5) is 0 Å². The van der Waals surface area contributed by atoms with Crippen LogP contribution in [0.5, 0.6) is 0 Å². The first-order chi connectivity index (χ1) is 9.91. The van der Waals surface area contributed by atoms with Crippen LogP contribution in [-0.4, -0.2) is 55.8 Å². The molecule has 0 aliphatic carbocycles. The number of nitrogens with two attached hydrogens (primary N) is 1. The van der Waals surface area contributed by atoms with E-state index in [0.717, 1.165) is 0 Å². The molecule has 8 heteroatoms. The number of esters is 1. The molecule has 21 heavy (non-hydrogen) atoms. The second kappa shape index (κ2) is 7.94. The molecule has 0 bridgehead atoms. The molecular formula is C13H22N3O4S+. The van der Waals surface area contributed by atoms with Crippen molar-refractivity contribution >= 4 is 33.4 Å². The minimum absolute atomic E-state index is 0.0270. The van der Waals surface area contributed by atoms with Gasteiger partial charge < -0.3 is 10.5 Å². The summed E-state index contributed by atoms with van der Waals surface area (Å²) in [7, 11) is -2.17. The normalized spacial score (nSPS) is 17.9. The average Bonchev–Trinajstić information content (AvgIpc) is 2.41. The average molecular weight is 316 g/mol. The Kier molecular flexibility index (Phi) is 6.57. The Morgan fingerprint density at radius 1 is 1.38 bits per heavy atom. The zero-order valence-corrected chi connectivity index (χ0v) is 13.2. The first-order valence-corrected chi connectivity index (χ1v) is 8.44. The monoisotopic (exact) mass is 316 g/mol. The van der Waals surface area contributed by atoms with Crippen molar-refractivity contribution in [2.24, 2.45) is 5.73 Å². The van der Waals surface area contributed by atoms with E-state index in [2.05, 4.69) is 0 Å². The number of hydrogen-bond donors (Lipinski definition) is 1. The van der Waals surface area contributed by atoms with Crippen LogP contribution in [-0.2, 0) is 24.0 Å². The van der Waals surface area contributed by atoms with Gasteiger partial charge in [-0.1, -0.05) is 19.1 Å². The van der Waals surface area contributed by atoms with Gasteiger partial charge in [0.1, 0.15) is 0 Å². The highest BCUT2D eigenvalue weighted by atomic mass is 32.2. The number of allylic oxidation sites excluding steroid dienone is 2. The van der Waals surface area contributed by atoms with E-state index < -0.39 is 21.6 Å². The van der Waals surface area contributed by atoms with E-state index in [1.54, 1.807) is 16.0 Å². The number of amides is 1. The van der Waals surface area contributed by atoms with E-state index in [4.69, 9.17) is 10.5 Å². The van der Waals surface area contributed by atoms with Gasteiger partial charge in [0.05, 0.1) is 6.42 Å². The molecule has 1 atom stereocenters. The van der Waals surface area contributed by atoms with Crippen molar-refractivity contribution < 1.29 is 23.1 Å². The summed E-state index contributed by atoms with van der Waals surface area (Å²) in [5.41, 5.74) is 4.94. The maximum atomic E-state index is 12.6. The van der Waals surface area contributed by atoms with Gasteiger partial charge in [-0.15, -0.1) is 4.31 Å². The van der Waals surface area contributed by atoms with Crippen LogP contribution in [0.1, 0.15) is 26.7 Å². The lowest BCUT2D eigenvalue weighted by atomic mass is 10.3. The highest BCUT2D eigenvalue weighted by Crippen LogP contribution is 2.11. The minimum atomic E-state index is -2.17.